The van der Waals surface area contributed by atoms with Crippen LogP contribution in [0.25, 0.3) is 27.7 Å². The minimum atomic E-state index is -2.57. The fourth-order valence-electron chi connectivity index (χ4n) is 3.97. The monoisotopic (exact) mass is 447 g/mol. The van der Waals surface area contributed by atoms with Crippen molar-refractivity contribution in [1.29, 1.82) is 0 Å². The molecule has 0 radical (unpaired) electrons. The van der Waals surface area contributed by atoms with Crippen LogP contribution in [0.4, 0.5) is 0 Å². The van der Waals surface area contributed by atoms with E-state index in [9.17, 15) is 13.2 Å². The van der Waals surface area contributed by atoms with E-state index in [1.807, 2.05) is 59.3 Å². The summed E-state index contributed by atoms with van der Waals surface area (Å²) in [7, 11) is -2.57. The summed E-state index contributed by atoms with van der Waals surface area (Å²) in [5, 5.41) is 1.01. The second-order valence-corrected chi connectivity index (χ2v) is 8.43. The molecule has 0 saturated heterocycles. The molecule has 9 heteroatoms. The third-order valence-electron chi connectivity index (χ3n) is 5.56. The van der Waals surface area contributed by atoms with E-state index in [4.69, 9.17) is 0 Å². The molecule has 0 saturated carbocycles. The van der Waals surface area contributed by atoms with E-state index < -0.39 is 10.9 Å². The number of pyridine rings is 1. The molecular formula is C23H21N5O3S. The number of nitrogens with one attached hydrogen (secondary N) is 3. The first-order chi connectivity index (χ1) is 15.6. The molecule has 0 fully saturated rings. The first-order valence-corrected chi connectivity index (χ1v) is 11.4. The minimum Gasteiger partial charge on any atom is -0.346 e. The number of hydrogen-bond acceptors (Lipinski definition) is 4. The molecule has 3 N–H and O–H groups in total. The predicted molar refractivity (Wildman–Crippen MR) is 124 cm³/mol. The van der Waals surface area contributed by atoms with E-state index in [0.29, 0.717) is 24.9 Å². The summed E-state index contributed by atoms with van der Waals surface area (Å²) in [6, 6.07) is 13.9. The molecule has 32 heavy (non-hydrogen) atoms. The van der Waals surface area contributed by atoms with Crippen molar-refractivity contribution in [2.45, 2.75) is 12.8 Å². The first kappa shape index (κ1) is 20.2. The normalized spacial score (nSPS) is 11.7. The van der Waals surface area contributed by atoms with Crippen molar-refractivity contribution in [3.05, 3.63) is 94.4 Å². The number of fused-ring (bicyclic) bond motifs is 2. The Morgan fingerprint density at radius 2 is 1.84 bits per heavy atom. The zero-order valence-electron chi connectivity index (χ0n) is 17.0. The predicted octanol–water partition coefficient (Wildman–Crippen LogP) is 2.42. The van der Waals surface area contributed by atoms with Gasteiger partial charge in [-0.3, -0.25) is 4.79 Å². The number of thiol groups is 1. The molecule has 0 spiro atoms. The molecule has 0 amide bonds. The summed E-state index contributed by atoms with van der Waals surface area (Å²) in [6.07, 6.45) is 8.67. The molecule has 0 aliphatic heterocycles. The quantitative estimate of drug-likeness (QED) is 0.287. The van der Waals surface area contributed by atoms with Gasteiger partial charge in [0.25, 0.3) is 5.56 Å². The maximum absolute atomic E-state index is 12.5. The van der Waals surface area contributed by atoms with E-state index in [-0.39, 0.29) is 5.56 Å². The van der Waals surface area contributed by atoms with Gasteiger partial charge in [0.2, 0.25) is 10.9 Å². The van der Waals surface area contributed by atoms with Gasteiger partial charge in [0.15, 0.2) is 0 Å². The van der Waals surface area contributed by atoms with Crippen LogP contribution < -0.4 is 10.3 Å². The van der Waals surface area contributed by atoms with Crippen LogP contribution in [0.5, 0.6) is 0 Å². The Morgan fingerprint density at radius 1 is 1.03 bits per heavy atom. The molecule has 0 aliphatic carbocycles. The smallest absolute Gasteiger partial charge is 0.272 e. The molecule has 4 aromatic heterocycles. The average molecular weight is 448 g/mol. The summed E-state index contributed by atoms with van der Waals surface area (Å²) < 4.78 is 25.6. The molecule has 5 aromatic rings. The van der Waals surface area contributed by atoms with Crippen LogP contribution in [0.3, 0.4) is 0 Å². The Kier molecular flexibility index (Phi) is 5.34. The van der Waals surface area contributed by atoms with Gasteiger partial charge >= 0.3 is 0 Å². The van der Waals surface area contributed by atoms with Crippen LogP contribution >= 0.6 is 0 Å². The fraction of sp³-hybridized carbons (Fsp3) is 0.130. The fourth-order valence-corrected chi connectivity index (χ4v) is 4.26. The lowest BCUT2D eigenvalue weighted by Gasteiger charge is -2.07. The van der Waals surface area contributed by atoms with Crippen molar-refractivity contribution in [1.82, 2.24) is 24.1 Å². The molecule has 1 aromatic carbocycles. The van der Waals surface area contributed by atoms with Crippen LogP contribution in [0.15, 0.2) is 72.0 Å². The zero-order valence-corrected chi connectivity index (χ0v) is 17.9. The maximum atomic E-state index is 12.5. The molecular weight excluding hydrogens is 426 g/mol. The van der Waals surface area contributed by atoms with E-state index in [2.05, 4.69) is 19.7 Å². The summed E-state index contributed by atoms with van der Waals surface area (Å²) in [5.41, 5.74) is 6.31. The summed E-state index contributed by atoms with van der Waals surface area (Å²) >= 11 is 0. The van der Waals surface area contributed by atoms with Gasteiger partial charge in [-0.1, -0.05) is 24.3 Å². The van der Waals surface area contributed by atoms with Gasteiger partial charge < -0.3 is 14.4 Å². The van der Waals surface area contributed by atoms with Crippen LogP contribution in [-0.2, 0) is 23.7 Å². The molecule has 5 rings (SSSR count). The van der Waals surface area contributed by atoms with Gasteiger partial charge in [0, 0.05) is 60.0 Å². The van der Waals surface area contributed by atoms with E-state index in [0.717, 1.165) is 39.0 Å². The van der Waals surface area contributed by atoms with Gasteiger partial charge in [0.05, 0.1) is 0 Å². The van der Waals surface area contributed by atoms with Crippen molar-refractivity contribution in [2.24, 2.45) is 0 Å². The van der Waals surface area contributed by atoms with Crippen molar-refractivity contribution in [3.63, 3.8) is 0 Å². The average Bonchev–Trinajstić information content (AvgIpc) is 3.42. The molecule has 4 heterocycles. The van der Waals surface area contributed by atoms with E-state index >= 15 is 0 Å². The Balaban J connectivity index is 1.45. The summed E-state index contributed by atoms with van der Waals surface area (Å²) in [5.74, 6) is 0. The number of rotatable bonds is 7. The molecule has 0 bridgehead atoms. The number of benzene rings is 1. The van der Waals surface area contributed by atoms with Crippen molar-refractivity contribution < 1.29 is 8.42 Å². The standard InChI is InChI=1S/C23H21N5O3S/c29-23-21-11-17(20-13-25-22-19(20)2-1-8-24-22)14-28(21)18(12-26-23)10-16-5-3-15(4-6-16)7-9-27-32(30)31/h1-6,8,11-14,32H,7,9-10H2,(H,24,25)(H,26,29)(H,27,30,31). The summed E-state index contributed by atoms with van der Waals surface area (Å²) in [4.78, 5) is 22.8. The Bertz CT molecular complexity index is 1540. The van der Waals surface area contributed by atoms with Crippen LogP contribution in [0, 0.1) is 0 Å². The Morgan fingerprint density at radius 3 is 2.66 bits per heavy atom. The largest absolute Gasteiger partial charge is 0.346 e. The SMILES string of the molecule is O=c1[nH]cc(Cc2ccc(CCN[SH](=O)=O)cc2)n2cc(-c3c[nH]c4ncccc34)cc12. The van der Waals surface area contributed by atoms with Gasteiger partial charge in [-0.25, -0.2) is 18.1 Å². The maximum Gasteiger partial charge on any atom is 0.272 e. The Hall–Kier alpha value is -3.69. The lowest BCUT2D eigenvalue weighted by atomic mass is 10.1. The van der Waals surface area contributed by atoms with Gasteiger partial charge in [-0.15, -0.1) is 0 Å². The molecule has 0 atom stereocenters. The second-order valence-electron chi connectivity index (χ2n) is 7.60. The highest BCUT2D eigenvalue weighted by atomic mass is 32.2. The summed E-state index contributed by atoms with van der Waals surface area (Å²) in [6.45, 7) is 0.383. The Labute approximate surface area is 185 Å². The molecule has 0 unspecified atom stereocenters. The van der Waals surface area contributed by atoms with Crippen LogP contribution in [0.2, 0.25) is 0 Å². The van der Waals surface area contributed by atoms with Gasteiger partial charge in [0.1, 0.15) is 11.2 Å². The lowest BCUT2D eigenvalue weighted by molar-refractivity contribution is 0.602. The van der Waals surface area contributed by atoms with E-state index in [1.54, 1.807) is 12.4 Å². The number of H-pyrrole nitrogens is 2. The first-order valence-electron chi connectivity index (χ1n) is 10.2. The van der Waals surface area contributed by atoms with E-state index in [1.165, 1.54) is 0 Å². The minimum absolute atomic E-state index is 0.141. The highest BCUT2D eigenvalue weighted by Crippen LogP contribution is 2.29. The number of nitrogens with zero attached hydrogens (tertiary/aromatic N) is 2. The van der Waals surface area contributed by atoms with Gasteiger partial charge in [-0.2, -0.15) is 0 Å². The van der Waals surface area contributed by atoms with Crippen molar-refractivity contribution >= 4 is 27.4 Å². The highest BCUT2D eigenvalue weighted by Gasteiger charge is 2.13. The molecule has 0 aliphatic rings. The van der Waals surface area contributed by atoms with Crippen LogP contribution in [-0.4, -0.2) is 34.3 Å². The van der Waals surface area contributed by atoms with Gasteiger partial charge in [-0.05, 0) is 35.7 Å². The third-order valence-corrected chi connectivity index (χ3v) is 6.04. The van der Waals surface area contributed by atoms with Crippen molar-refractivity contribution in [3.8, 4) is 11.1 Å². The highest BCUT2D eigenvalue weighted by molar-refractivity contribution is 7.70. The number of aromatic amines is 2. The topological polar surface area (TPSA) is 112 Å². The second kappa shape index (κ2) is 8.45. The zero-order chi connectivity index (χ0) is 22.1. The molecule has 8 nitrogen and oxygen atoms in total. The molecule has 162 valence electrons. The third kappa shape index (κ3) is 3.95. The van der Waals surface area contributed by atoms with Crippen molar-refractivity contribution in [2.75, 3.05) is 6.54 Å². The number of aromatic nitrogens is 4. The lowest BCUT2D eigenvalue weighted by Crippen LogP contribution is -2.14. The van der Waals surface area contributed by atoms with Crippen LogP contribution in [0.1, 0.15) is 16.8 Å². The number of hydrogen-bond donors (Lipinski definition) is 4.